The molecule has 1 atom stereocenters. The summed E-state index contributed by atoms with van der Waals surface area (Å²) >= 11 is 0.986. The highest BCUT2D eigenvalue weighted by Crippen LogP contribution is 2.26. The topological polar surface area (TPSA) is 54.9 Å². The van der Waals surface area contributed by atoms with E-state index in [2.05, 4.69) is 9.97 Å². The second-order valence-corrected chi connectivity index (χ2v) is 5.84. The van der Waals surface area contributed by atoms with Gasteiger partial charge in [0.1, 0.15) is 23.2 Å². The zero-order valence-corrected chi connectivity index (χ0v) is 12.7. The maximum absolute atomic E-state index is 13.7. The van der Waals surface area contributed by atoms with Crippen molar-refractivity contribution in [3.05, 3.63) is 58.9 Å². The zero-order valence-electron chi connectivity index (χ0n) is 11.8. The normalized spacial score (nSPS) is 12.5. The number of hydrogen-bond acceptors (Lipinski definition) is 4. The number of aromatic nitrogens is 2. The Hall–Kier alpha value is -2.55. The van der Waals surface area contributed by atoms with E-state index < -0.39 is 35.6 Å². The van der Waals surface area contributed by atoms with E-state index >= 15 is 0 Å². The van der Waals surface area contributed by atoms with E-state index in [4.69, 9.17) is 0 Å². The van der Waals surface area contributed by atoms with Gasteiger partial charge in [0.05, 0.1) is 10.9 Å². The lowest BCUT2D eigenvalue weighted by Crippen LogP contribution is -2.33. The number of amides is 1. The van der Waals surface area contributed by atoms with Crippen LogP contribution in [-0.2, 0) is 0 Å². The fourth-order valence-corrected chi connectivity index (χ4v) is 2.95. The minimum absolute atomic E-state index is 0.0690. The number of hydrogen-bond donors (Lipinski definition) is 1. The highest BCUT2D eigenvalue weighted by molar-refractivity contribution is 7.20. The first-order valence-corrected chi connectivity index (χ1v) is 7.52. The second-order valence-electron chi connectivity index (χ2n) is 4.81. The van der Waals surface area contributed by atoms with Crippen molar-refractivity contribution >= 4 is 27.5 Å². The van der Waals surface area contributed by atoms with Crippen LogP contribution in [0.3, 0.4) is 0 Å². The van der Waals surface area contributed by atoms with E-state index in [1.807, 2.05) is 5.32 Å². The molecule has 4 nitrogen and oxygen atoms in total. The first-order valence-electron chi connectivity index (χ1n) is 6.70. The summed E-state index contributed by atoms with van der Waals surface area (Å²) in [5, 5.41) is 1.94. The molecule has 124 valence electrons. The number of fused-ring (bicyclic) bond motifs is 1. The van der Waals surface area contributed by atoms with Gasteiger partial charge in [0.2, 0.25) is 0 Å². The molecule has 3 rings (SSSR count). The Bertz CT molecular complexity index is 866. The molecule has 0 aliphatic carbocycles. The molecule has 1 unspecified atom stereocenters. The van der Waals surface area contributed by atoms with Crippen molar-refractivity contribution in [3.63, 3.8) is 0 Å². The lowest BCUT2D eigenvalue weighted by Gasteiger charge is -2.18. The van der Waals surface area contributed by atoms with Crippen LogP contribution in [0, 0.1) is 11.6 Å². The standard InChI is InChI=1S/C15H9F4N3OS/c16-7-1-2-9(17)8(5-7)12(13(18)19)22-14(23)15-21-10-6-20-4-3-11(10)24-15/h1-6,12-13H,(H,22,23). The van der Waals surface area contributed by atoms with Crippen LogP contribution in [0.2, 0.25) is 0 Å². The number of halogens is 4. The average molecular weight is 355 g/mol. The molecular formula is C15H9F4N3OS. The summed E-state index contributed by atoms with van der Waals surface area (Å²) in [6.45, 7) is 0. The minimum Gasteiger partial charge on any atom is -0.337 e. The van der Waals surface area contributed by atoms with Gasteiger partial charge >= 0.3 is 0 Å². The van der Waals surface area contributed by atoms with Gasteiger partial charge in [-0.1, -0.05) is 0 Å². The maximum Gasteiger partial charge on any atom is 0.280 e. The molecule has 0 aliphatic heterocycles. The predicted molar refractivity (Wildman–Crippen MR) is 80.0 cm³/mol. The van der Waals surface area contributed by atoms with Crippen molar-refractivity contribution in [1.29, 1.82) is 0 Å². The lowest BCUT2D eigenvalue weighted by molar-refractivity contribution is 0.0736. The van der Waals surface area contributed by atoms with Crippen LogP contribution in [0.5, 0.6) is 0 Å². The number of nitrogens with zero attached hydrogens (tertiary/aromatic N) is 2. The van der Waals surface area contributed by atoms with Gasteiger partial charge in [-0.15, -0.1) is 11.3 Å². The van der Waals surface area contributed by atoms with E-state index in [1.54, 1.807) is 6.07 Å². The number of alkyl halides is 2. The quantitative estimate of drug-likeness (QED) is 0.726. The van der Waals surface area contributed by atoms with Crippen molar-refractivity contribution in [2.75, 3.05) is 0 Å². The number of carbonyl (C=O) groups is 1. The third-order valence-electron chi connectivity index (χ3n) is 3.22. The minimum atomic E-state index is -3.12. The highest BCUT2D eigenvalue weighted by Gasteiger charge is 2.29. The highest BCUT2D eigenvalue weighted by atomic mass is 32.1. The molecule has 0 saturated carbocycles. The van der Waals surface area contributed by atoms with Crippen LogP contribution >= 0.6 is 11.3 Å². The Morgan fingerprint density at radius 1 is 1.21 bits per heavy atom. The molecule has 0 saturated heterocycles. The fraction of sp³-hybridized carbons (Fsp3) is 0.133. The SMILES string of the molecule is O=C(NC(c1cc(F)ccc1F)C(F)F)c1nc2cnccc2s1. The van der Waals surface area contributed by atoms with Crippen molar-refractivity contribution < 1.29 is 22.4 Å². The largest absolute Gasteiger partial charge is 0.337 e. The van der Waals surface area contributed by atoms with Gasteiger partial charge in [0, 0.05) is 11.8 Å². The molecule has 0 bridgehead atoms. The first-order chi connectivity index (χ1) is 11.5. The number of pyridine rings is 1. The van der Waals surface area contributed by atoms with Crippen LogP contribution < -0.4 is 5.32 Å². The molecule has 0 aliphatic rings. The molecule has 2 aromatic heterocycles. The van der Waals surface area contributed by atoms with Crippen LogP contribution in [-0.4, -0.2) is 22.3 Å². The van der Waals surface area contributed by atoms with Crippen molar-refractivity contribution in [2.45, 2.75) is 12.5 Å². The van der Waals surface area contributed by atoms with Gasteiger partial charge in [-0.3, -0.25) is 9.78 Å². The Morgan fingerprint density at radius 3 is 2.71 bits per heavy atom. The number of carbonyl (C=O) groups excluding carboxylic acids is 1. The Kier molecular flexibility index (Phi) is 4.43. The van der Waals surface area contributed by atoms with E-state index in [9.17, 15) is 22.4 Å². The average Bonchev–Trinajstić information content (AvgIpc) is 2.99. The Labute approximate surface area is 137 Å². The van der Waals surface area contributed by atoms with E-state index in [-0.39, 0.29) is 5.01 Å². The van der Waals surface area contributed by atoms with Crippen LogP contribution in [0.25, 0.3) is 10.2 Å². The summed E-state index contributed by atoms with van der Waals surface area (Å²) in [6, 6.07) is 1.81. The molecule has 1 aromatic carbocycles. The Balaban J connectivity index is 1.90. The molecule has 3 aromatic rings. The van der Waals surface area contributed by atoms with Gasteiger partial charge in [0.25, 0.3) is 12.3 Å². The molecule has 0 spiro atoms. The molecule has 24 heavy (non-hydrogen) atoms. The summed E-state index contributed by atoms with van der Waals surface area (Å²) in [5.74, 6) is -2.81. The molecule has 0 fully saturated rings. The smallest absolute Gasteiger partial charge is 0.280 e. The van der Waals surface area contributed by atoms with Crippen molar-refractivity contribution in [1.82, 2.24) is 15.3 Å². The van der Waals surface area contributed by atoms with Crippen LogP contribution in [0.1, 0.15) is 21.4 Å². The number of benzene rings is 1. The second kappa shape index (κ2) is 6.52. The number of rotatable bonds is 4. The van der Waals surface area contributed by atoms with Crippen LogP contribution in [0.15, 0.2) is 36.7 Å². The summed E-state index contributed by atoms with van der Waals surface area (Å²) in [6.07, 6.45) is -0.188. The Morgan fingerprint density at radius 2 is 2.00 bits per heavy atom. The zero-order chi connectivity index (χ0) is 17.3. The third-order valence-corrected chi connectivity index (χ3v) is 4.25. The molecule has 1 N–H and O–H groups in total. The third kappa shape index (κ3) is 3.21. The van der Waals surface area contributed by atoms with E-state index in [1.165, 1.54) is 12.4 Å². The van der Waals surface area contributed by atoms with Crippen LogP contribution in [0.4, 0.5) is 17.6 Å². The summed E-state index contributed by atoms with van der Waals surface area (Å²) in [7, 11) is 0. The maximum atomic E-state index is 13.7. The molecular weight excluding hydrogens is 346 g/mol. The summed E-state index contributed by atoms with van der Waals surface area (Å²) in [5.41, 5.74) is -0.181. The molecule has 1 amide bonds. The summed E-state index contributed by atoms with van der Waals surface area (Å²) in [4.78, 5) is 20.0. The van der Waals surface area contributed by atoms with Crippen molar-refractivity contribution in [2.24, 2.45) is 0 Å². The van der Waals surface area contributed by atoms with E-state index in [0.717, 1.165) is 23.5 Å². The number of nitrogens with one attached hydrogen (secondary N) is 1. The predicted octanol–water partition coefficient (Wildman–Crippen LogP) is 3.71. The molecule has 9 heteroatoms. The van der Waals surface area contributed by atoms with E-state index in [0.29, 0.717) is 16.3 Å². The molecule has 2 heterocycles. The fourth-order valence-electron chi connectivity index (χ4n) is 2.11. The van der Waals surface area contributed by atoms with Gasteiger partial charge < -0.3 is 5.32 Å². The lowest BCUT2D eigenvalue weighted by atomic mass is 10.1. The van der Waals surface area contributed by atoms with Gasteiger partial charge in [-0.05, 0) is 24.3 Å². The molecule has 0 radical (unpaired) electrons. The van der Waals surface area contributed by atoms with Gasteiger partial charge in [-0.25, -0.2) is 22.5 Å². The van der Waals surface area contributed by atoms with Gasteiger partial charge in [-0.2, -0.15) is 0 Å². The number of thiazole rings is 1. The first kappa shape index (κ1) is 16.3. The van der Waals surface area contributed by atoms with Crippen molar-refractivity contribution in [3.8, 4) is 0 Å². The van der Waals surface area contributed by atoms with Gasteiger partial charge in [0.15, 0.2) is 5.01 Å². The monoisotopic (exact) mass is 355 g/mol. The summed E-state index contributed by atoms with van der Waals surface area (Å²) < 4.78 is 54.1.